The van der Waals surface area contributed by atoms with Crippen molar-refractivity contribution in [2.24, 2.45) is 0 Å². The molecule has 0 saturated heterocycles. The second-order valence-electron chi connectivity index (χ2n) is 5.27. The molecular formula is C15H18N4O2. The lowest BCUT2D eigenvalue weighted by Gasteiger charge is -2.28. The fourth-order valence-corrected chi connectivity index (χ4v) is 2.66. The van der Waals surface area contributed by atoms with Crippen molar-refractivity contribution in [3.8, 4) is 0 Å². The second kappa shape index (κ2) is 5.65. The molecule has 0 aliphatic carbocycles. The first-order chi connectivity index (χ1) is 10.2. The third-order valence-corrected chi connectivity index (χ3v) is 3.83. The molecule has 110 valence electrons. The number of hydrogen-bond donors (Lipinski definition) is 1. The number of fused-ring (bicyclic) bond motifs is 1. The van der Waals surface area contributed by atoms with Crippen molar-refractivity contribution < 1.29 is 9.90 Å². The predicted octanol–water partition coefficient (Wildman–Crippen LogP) is 0.994. The van der Waals surface area contributed by atoms with Crippen LogP contribution in [0.5, 0.6) is 0 Å². The molecule has 0 bridgehead atoms. The first kappa shape index (κ1) is 13.8. The Morgan fingerprint density at radius 3 is 3.05 bits per heavy atom. The Hall–Kier alpha value is -2.21. The highest BCUT2D eigenvalue weighted by Crippen LogP contribution is 2.19. The van der Waals surface area contributed by atoms with E-state index in [-0.39, 0.29) is 18.6 Å². The molecule has 3 heterocycles. The quantitative estimate of drug-likeness (QED) is 0.894. The lowest BCUT2D eigenvalue weighted by molar-refractivity contribution is 0.0562. The van der Waals surface area contributed by atoms with Crippen molar-refractivity contribution in [1.82, 2.24) is 19.7 Å². The molecule has 3 rings (SSSR count). The Morgan fingerprint density at radius 2 is 2.29 bits per heavy atom. The smallest absolute Gasteiger partial charge is 0.273 e. The zero-order valence-electron chi connectivity index (χ0n) is 11.9. The molecule has 1 aliphatic rings. The number of nitrogens with zero attached hydrogens (tertiary/aromatic N) is 4. The SMILES string of the molecule is Cc1cccc(C(=O)N2Cc3ccnn3CC[C@H]2CO)n1. The Balaban J connectivity index is 1.92. The van der Waals surface area contributed by atoms with Gasteiger partial charge in [-0.3, -0.25) is 9.48 Å². The molecule has 0 unspecified atom stereocenters. The second-order valence-corrected chi connectivity index (χ2v) is 5.27. The minimum absolute atomic E-state index is 0.0532. The topological polar surface area (TPSA) is 71.2 Å². The van der Waals surface area contributed by atoms with Gasteiger partial charge in [0.25, 0.3) is 5.91 Å². The zero-order valence-corrected chi connectivity index (χ0v) is 11.9. The van der Waals surface area contributed by atoms with E-state index in [1.807, 2.05) is 29.8 Å². The lowest BCUT2D eigenvalue weighted by Crippen LogP contribution is -2.41. The minimum atomic E-state index is -0.207. The van der Waals surface area contributed by atoms with Gasteiger partial charge in [-0.2, -0.15) is 5.10 Å². The van der Waals surface area contributed by atoms with Crippen LogP contribution in [0.3, 0.4) is 0 Å². The highest BCUT2D eigenvalue weighted by Gasteiger charge is 2.28. The molecule has 2 aromatic rings. The Kier molecular flexibility index (Phi) is 3.70. The van der Waals surface area contributed by atoms with Gasteiger partial charge in [0.2, 0.25) is 0 Å². The molecule has 0 aromatic carbocycles. The Morgan fingerprint density at radius 1 is 1.43 bits per heavy atom. The summed E-state index contributed by atoms with van der Waals surface area (Å²) in [4.78, 5) is 18.7. The molecule has 1 amide bonds. The van der Waals surface area contributed by atoms with Crippen LogP contribution in [0, 0.1) is 6.92 Å². The van der Waals surface area contributed by atoms with Gasteiger partial charge in [0.15, 0.2) is 0 Å². The van der Waals surface area contributed by atoms with E-state index in [1.54, 1.807) is 17.2 Å². The maximum atomic E-state index is 12.7. The molecule has 1 atom stereocenters. The van der Waals surface area contributed by atoms with Gasteiger partial charge in [-0.15, -0.1) is 0 Å². The number of aliphatic hydroxyl groups is 1. The molecule has 0 radical (unpaired) electrons. The zero-order chi connectivity index (χ0) is 14.8. The highest BCUT2D eigenvalue weighted by atomic mass is 16.3. The van der Waals surface area contributed by atoms with Crippen LogP contribution in [-0.4, -0.2) is 43.3 Å². The summed E-state index contributed by atoms with van der Waals surface area (Å²) in [5.74, 6) is -0.146. The van der Waals surface area contributed by atoms with Crippen molar-refractivity contribution in [1.29, 1.82) is 0 Å². The van der Waals surface area contributed by atoms with Crippen molar-refractivity contribution in [2.75, 3.05) is 6.61 Å². The summed E-state index contributed by atoms with van der Waals surface area (Å²) in [5, 5.41) is 13.9. The van der Waals surface area contributed by atoms with Gasteiger partial charge >= 0.3 is 0 Å². The number of carbonyl (C=O) groups excluding carboxylic acids is 1. The van der Waals surface area contributed by atoms with E-state index in [9.17, 15) is 9.90 Å². The molecule has 21 heavy (non-hydrogen) atoms. The van der Waals surface area contributed by atoms with Crippen molar-refractivity contribution >= 4 is 5.91 Å². The predicted molar refractivity (Wildman–Crippen MR) is 76.6 cm³/mol. The number of amides is 1. The molecule has 6 heteroatoms. The van der Waals surface area contributed by atoms with Crippen LogP contribution >= 0.6 is 0 Å². The molecule has 0 spiro atoms. The van der Waals surface area contributed by atoms with Crippen LogP contribution in [0.2, 0.25) is 0 Å². The number of aromatic nitrogens is 3. The first-order valence-electron chi connectivity index (χ1n) is 7.05. The van der Waals surface area contributed by atoms with E-state index >= 15 is 0 Å². The minimum Gasteiger partial charge on any atom is -0.394 e. The van der Waals surface area contributed by atoms with Crippen molar-refractivity contribution in [3.63, 3.8) is 0 Å². The van der Waals surface area contributed by atoms with Crippen LogP contribution in [-0.2, 0) is 13.1 Å². The number of hydrogen-bond acceptors (Lipinski definition) is 4. The summed E-state index contributed by atoms with van der Waals surface area (Å²) in [6, 6.07) is 7.10. The van der Waals surface area contributed by atoms with Gasteiger partial charge in [0.05, 0.1) is 24.9 Å². The monoisotopic (exact) mass is 286 g/mol. The molecule has 2 aromatic heterocycles. The van der Waals surface area contributed by atoms with Crippen LogP contribution in [0.15, 0.2) is 30.5 Å². The Bertz CT molecular complexity index is 653. The van der Waals surface area contributed by atoms with Gasteiger partial charge in [-0.25, -0.2) is 4.98 Å². The van der Waals surface area contributed by atoms with Crippen LogP contribution in [0.4, 0.5) is 0 Å². The van der Waals surface area contributed by atoms with Gasteiger partial charge < -0.3 is 10.0 Å². The molecule has 0 fully saturated rings. The van der Waals surface area contributed by atoms with E-state index in [0.29, 0.717) is 25.2 Å². The standard InChI is InChI=1S/C15H18N4O2/c1-11-3-2-4-14(17-11)15(21)18-9-12-5-7-16-19(12)8-6-13(18)10-20/h2-5,7,13,20H,6,8-10H2,1H3/t13-/m0/s1. The largest absolute Gasteiger partial charge is 0.394 e. The first-order valence-corrected chi connectivity index (χ1v) is 7.05. The van der Waals surface area contributed by atoms with E-state index in [0.717, 1.165) is 11.4 Å². The number of carbonyl (C=O) groups is 1. The summed E-state index contributed by atoms with van der Waals surface area (Å²) in [5.41, 5.74) is 2.20. The van der Waals surface area contributed by atoms with Crippen molar-refractivity contribution in [2.45, 2.75) is 32.5 Å². The van der Waals surface area contributed by atoms with Gasteiger partial charge in [-0.05, 0) is 31.5 Å². The summed E-state index contributed by atoms with van der Waals surface area (Å²) >= 11 is 0. The summed E-state index contributed by atoms with van der Waals surface area (Å²) in [7, 11) is 0. The van der Waals surface area contributed by atoms with Crippen LogP contribution in [0.25, 0.3) is 0 Å². The highest BCUT2D eigenvalue weighted by molar-refractivity contribution is 5.92. The fourth-order valence-electron chi connectivity index (χ4n) is 2.66. The fraction of sp³-hybridized carbons (Fsp3) is 0.400. The maximum Gasteiger partial charge on any atom is 0.273 e. The maximum absolute atomic E-state index is 12.7. The van der Waals surface area contributed by atoms with Gasteiger partial charge in [0, 0.05) is 18.4 Å². The molecule has 6 nitrogen and oxygen atoms in total. The van der Waals surface area contributed by atoms with Crippen LogP contribution in [0.1, 0.15) is 28.3 Å². The van der Waals surface area contributed by atoms with E-state index in [1.165, 1.54) is 0 Å². The van der Waals surface area contributed by atoms with Gasteiger partial charge in [-0.1, -0.05) is 6.07 Å². The van der Waals surface area contributed by atoms with E-state index in [4.69, 9.17) is 0 Å². The molecule has 0 saturated carbocycles. The van der Waals surface area contributed by atoms with Gasteiger partial charge in [0.1, 0.15) is 5.69 Å². The molecule has 1 aliphatic heterocycles. The average molecular weight is 286 g/mol. The lowest BCUT2D eigenvalue weighted by atomic mass is 10.1. The normalized spacial score (nSPS) is 18.2. The number of aryl methyl sites for hydroxylation is 2. The van der Waals surface area contributed by atoms with E-state index < -0.39 is 0 Å². The third-order valence-electron chi connectivity index (χ3n) is 3.83. The number of pyridine rings is 1. The summed E-state index contributed by atoms with van der Waals surface area (Å²) in [6.45, 7) is 2.96. The number of rotatable bonds is 2. The molecule has 1 N–H and O–H groups in total. The Labute approximate surface area is 123 Å². The average Bonchev–Trinajstić information content (AvgIpc) is 2.86. The van der Waals surface area contributed by atoms with E-state index in [2.05, 4.69) is 10.1 Å². The number of aliphatic hydroxyl groups excluding tert-OH is 1. The molecular weight excluding hydrogens is 268 g/mol. The summed E-state index contributed by atoms with van der Waals surface area (Å²) < 4.78 is 1.89. The van der Waals surface area contributed by atoms with Crippen molar-refractivity contribution in [3.05, 3.63) is 47.5 Å². The van der Waals surface area contributed by atoms with Crippen LogP contribution < -0.4 is 0 Å². The third kappa shape index (κ3) is 2.67. The summed E-state index contributed by atoms with van der Waals surface area (Å²) in [6.07, 6.45) is 2.42.